The third-order valence-electron chi connectivity index (χ3n) is 8.37. The fourth-order valence-corrected chi connectivity index (χ4v) is 5.81. The minimum Gasteiger partial charge on any atom is -0.548 e. The van der Waals surface area contributed by atoms with Gasteiger partial charge in [-0.2, -0.15) is 0 Å². The van der Waals surface area contributed by atoms with Crippen LogP contribution in [0.5, 0.6) is 0 Å². The van der Waals surface area contributed by atoms with Crippen LogP contribution in [0.1, 0.15) is 201 Å². The summed E-state index contributed by atoms with van der Waals surface area (Å²) in [5.74, 6) is -0.865. The summed E-state index contributed by atoms with van der Waals surface area (Å²) in [6.07, 6.45) is 36.8. The van der Waals surface area contributed by atoms with Crippen LogP contribution >= 0.6 is 0 Å². The summed E-state index contributed by atoms with van der Waals surface area (Å²) in [5, 5.41) is 11.8. The second-order valence-corrected chi connectivity index (χ2v) is 12.1. The average molecular weight is 544 g/mol. The van der Waals surface area contributed by atoms with E-state index in [-0.39, 0.29) is 18.9 Å². The van der Waals surface area contributed by atoms with Crippen molar-refractivity contribution in [1.82, 2.24) is 4.90 Å². The number of hydrogen-bond acceptors (Lipinski definition) is 3. The molecule has 0 spiro atoms. The van der Waals surface area contributed by atoms with Crippen molar-refractivity contribution in [2.75, 3.05) is 13.1 Å². The molecule has 228 valence electrons. The molecule has 0 aliphatic carbocycles. The van der Waals surface area contributed by atoms with Crippen LogP contribution in [0, 0.1) is 0 Å². The average Bonchev–Trinajstić information content (AvgIpc) is 2.91. The van der Waals surface area contributed by atoms with Crippen LogP contribution in [0.3, 0.4) is 0 Å². The Morgan fingerprint density at radius 1 is 0.462 bits per heavy atom. The maximum absolute atomic E-state index is 11.8. The number of carbonyl (C=O) groups excluding carboxylic acids is 1. The van der Waals surface area contributed by atoms with Gasteiger partial charge in [-0.05, 0) is 32.4 Å². The Kier molecular flexibility index (Phi) is 36.1. The molecule has 0 N–H and O–H groups in total. The van der Waals surface area contributed by atoms with Crippen molar-refractivity contribution in [1.29, 1.82) is 0 Å². The van der Waals surface area contributed by atoms with Crippen LogP contribution in [0.2, 0.25) is 0 Å². The molecule has 39 heavy (non-hydrogen) atoms. The molecular weight excluding hydrogens is 473 g/mol. The number of unbranched alkanes of at least 4 members (excludes halogenated alkanes) is 24. The SMILES string of the molecule is CCCCCCCCCCCCCCCN(CCCCCCCCCCCCCCC)C(CCC)C(=O)[O-].[Li+]. The molecule has 0 saturated carbocycles. The van der Waals surface area contributed by atoms with Crippen LogP contribution in [-0.4, -0.2) is 30.0 Å². The molecule has 0 bridgehead atoms. The predicted molar refractivity (Wildman–Crippen MR) is 167 cm³/mol. The summed E-state index contributed by atoms with van der Waals surface area (Å²) < 4.78 is 0. The summed E-state index contributed by atoms with van der Waals surface area (Å²) >= 11 is 0. The first kappa shape index (κ1) is 41.2. The molecule has 3 nitrogen and oxygen atoms in total. The first-order chi connectivity index (χ1) is 18.7. The Hall–Kier alpha value is 0.0274. The monoisotopic (exact) mass is 544 g/mol. The molecule has 0 amide bonds. The van der Waals surface area contributed by atoms with Gasteiger partial charge in [-0.25, -0.2) is 0 Å². The molecule has 4 heteroatoms. The molecule has 0 aromatic carbocycles. The van der Waals surface area contributed by atoms with Gasteiger partial charge in [0.1, 0.15) is 0 Å². The van der Waals surface area contributed by atoms with E-state index in [1.165, 1.54) is 154 Å². The molecule has 1 unspecified atom stereocenters. The largest absolute Gasteiger partial charge is 1.00 e. The van der Waals surface area contributed by atoms with E-state index in [4.69, 9.17) is 0 Å². The molecule has 0 rings (SSSR count). The van der Waals surface area contributed by atoms with Crippen molar-refractivity contribution < 1.29 is 28.8 Å². The second kappa shape index (κ2) is 34.2. The summed E-state index contributed by atoms with van der Waals surface area (Å²) in [4.78, 5) is 14.1. The second-order valence-electron chi connectivity index (χ2n) is 12.1. The number of aliphatic carboxylic acids is 1. The summed E-state index contributed by atoms with van der Waals surface area (Å²) in [6, 6.07) is -0.394. The van der Waals surface area contributed by atoms with Crippen molar-refractivity contribution in [2.24, 2.45) is 0 Å². The van der Waals surface area contributed by atoms with E-state index < -0.39 is 12.0 Å². The van der Waals surface area contributed by atoms with Gasteiger partial charge in [-0.1, -0.05) is 181 Å². The smallest absolute Gasteiger partial charge is 0.548 e. The molecule has 0 radical (unpaired) electrons. The van der Waals surface area contributed by atoms with Gasteiger partial charge in [-0.3, -0.25) is 4.90 Å². The zero-order valence-corrected chi connectivity index (χ0v) is 27.6. The van der Waals surface area contributed by atoms with E-state index in [0.717, 1.165) is 38.8 Å². The molecule has 0 fully saturated rings. The van der Waals surface area contributed by atoms with Gasteiger partial charge >= 0.3 is 18.9 Å². The molecule has 0 aromatic rings. The van der Waals surface area contributed by atoms with Crippen molar-refractivity contribution in [2.45, 2.75) is 207 Å². The Morgan fingerprint density at radius 3 is 0.949 bits per heavy atom. The van der Waals surface area contributed by atoms with Crippen LogP contribution in [0.4, 0.5) is 0 Å². The van der Waals surface area contributed by atoms with E-state index in [0.29, 0.717) is 0 Å². The Balaban J connectivity index is 0. The number of carboxylic acids is 1. The van der Waals surface area contributed by atoms with E-state index in [2.05, 4.69) is 25.7 Å². The first-order valence-corrected chi connectivity index (χ1v) is 17.6. The fraction of sp³-hybridized carbons (Fsp3) is 0.971. The van der Waals surface area contributed by atoms with Gasteiger partial charge in [0.2, 0.25) is 0 Å². The minimum atomic E-state index is -0.865. The van der Waals surface area contributed by atoms with Crippen molar-refractivity contribution in [3.05, 3.63) is 0 Å². The summed E-state index contributed by atoms with van der Waals surface area (Å²) in [7, 11) is 0. The van der Waals surface area contributed by atoms with Crippen molar-refractivity contribution in [3.8, 4) is 0 Å². The maximum Gasteiger partial charge on any atom is 1.00 e. The van der Waals surface area contributed by atoms with E-state index >= 15 is 0 Å². The number of carbonyl (C=O) groups is 1. The fourth-order valence-electron chi connectivity index (χ4n) is 5.81. The third-order valence-corrected chi connectivity index (χ3v) is 8.37. The minimum absolute atomic E-state index is 0. The quantitative estimate of drug-likeness (QED) is 0.0656. The number of hydrogen-bond donors (Lipinski definition) is 0. The Bertz CT molecular complexity index is 444. The topological polar surface area (TPSA) is 43.4 Å². The van der Waals surface area contributed by atoms with Gasteiger partial charge in [0.15, 0.2) is 0 Å². The standard InChI is InChI=1S/C35H71NO2.Li/c1-4-7-9-11-13-15-17-19-21-23-25-27-29-32-36(34(31-6-3)35(37)38)33-30-28-26-24-22-20-18-16-14-12-10-8-5-2;/h34H,4-33H2,1-3H3,(H,37,38);/q;+1/p-1. The van der Waals surface area contributed by atoms with Crippen LogP contribution in [-0.2, 0) is 4.79 Å². The molecule has 0 aromatic heterocycles. The van der Waals surface area contributed by atoms with Gasteiger partial charge in [0, 0.05) is 6.04 Å². The normalized spacial score (nSPS) is 12.1. The zero-order chi connectivity index (χ0) is 27.9. The molecule has 0 heterocycles. The van der Waals surface area contributed by atoms with Crippen LogP contribution in [0.15, 0.2) is 0 Å². The Morgan fingerprint density at radius 2 is 0.718 bits per heavy atom. The summed E-state index contributed by atoms with van der Waals surface area (Å²) in [5.41, 5.74) is 0. The van der Waals surface area contributed by atoms with Gasteiger partial charge in [0.05, 0.1) is 5.97 Å². The molecular formula is C35H70LiNO2. The van der Waals surface area contributed by atoms with E-state index in [1.54, 1.807) is 0 Å². The Labute approximate surface area is 258 Å². The molecule has 0 saturated heterocycles. The van der Waals surface area contributed by atoms with Crippen LogP contribution in [0.25, 0.3) is 0 Å². The van der Waals surface area contributed by atoms with Crippen molar-refractivity contribution >= 4 is 5.97 Å². The van der Waals surface area contributed by atoms with Gasteiger partial charge in [0.25, 0.3) is 0 Å². The van der Waals surface area contributed by atoms with Gasteiger partial charge < -0.3 is 9.90 Å². The number of rotatable bonds is 32. The number of nitrogens with zero attached hydrogens (tertiary/aromatic N) is 1. The van der Waals surface area contributed by atoms with E-state index in [9.17, 15) is 9.90 Å². The first-order valence-electron chi connectivity index (χ1n) is 17.6. The molecule has 1 atom stereocenters. The zero-order valence-electron chi connectivity index (χ0n) is 27.6. The molecule has 0 aliphatic rings. The van der Waals surface area contributed by atoms with Crippen LogP contribution < -0.4 is 24.0 Å². The summed E-state index contributed by atoms with van der Waals surface area (Å²) in [6.45, 7) is 8.50. The van der Waals surface area contributed by atoms with E-state index in [1.807, 2.05) is 0 Å². The molecule has 0 aliphatic heterocycles. The van der Waals surface area contributed by atoms with Gasteiger partial charge in [-0.15, -0.1) is 0 Å². The van der Waals surface area contributed by atoms with Crippen molar-refractivity contribution in [3.63, 3.8) is 0 Å². The predicted octanol–water partition coefficient (Wildman–Crippen LogP) is 7.39. The number of carboxylic acid groups (broad SMARTS) is 1. The maximum atomic E-state index is 11.8. The third kappa shape index (κ3) is 29.3.